The second-order valence-corrected chi connectivity index (χ2v) is 6.55. The second kappa shape index (κ2) is 7.66. The van der Waals surface area contributed by atoms with E-state index in [9.17, 15) is 9.59 Å². The molecule has 3 rings (SSSR count). The van der Waals surface area contributed by atoms with Crippen LogP contribution < -0.4 is 5.32 Å². The minimum absolute atomic E-state index is 0.157. The third kappa shape index (κ3) is 4.57. The van der Waals surface area contributed by atoms with Crippen LogP contribution in [0.5, 0.6) is 0 Å². The number of benzene rings is 1. The van der Waals surface area contributed by atoms with Crippen LogP contribution in [-0.2, 0) is 33.6 Å². The second-order valence-electron chi connectivity index (χ2n) is 6.12. The maximum atomic E-state index is 12.1. The summed E-state index contributed by atoms with van der Waals surface area (Å²) in [7, 11) is 0. The predicted molar refractivity (Wildman–Crippen MR) is 95.6 cm³/mol. The van der Waals surface area contributed by atoms with Gasteiger partial charge in [0, 0.05) is 6.20 Å². The van der Waals surface area contributed by atoms with Crippen LogP contribution in [0.3, 0.4) is 0 Å². The minimum Gasteiger partial charge on any atom is -0.452 e. The van der Waals surface area contributed by atoms with Crippen molar-refractivity contribution in [2.75, 3.05) is 5.32 Å². The molecule has 1 aliphatic carbocycles. The number of nitrogens with zero attached hydrogens (tertiary/aromatic N) is 1. The molecule has 0 saturated carbocycles. The number of halogens is 1. The highest BCUT2D eigenvalue weighted by Gasteiger charge is 2.19. The van der Waals surface area contributed by atoms with Gasteiger partial charge in [0.15, 0.2) is 6.10 Å². The van der Waals surface area contributed by atoms with Crippen molar-refractivity contribution in [2.24, 2.45) is 0 Å². The molecular weight excluding hydrogens is 340 g/mol. The lowest BCUT2D eigenvalue weighted by molar-refractivity contribution is -0.152. The largest absolute Gasteiger partial charge is 0.452 e. The molecule has 1 amide bonds. The summed E-state index contributed by atoms with van der Waals surface area (Å²) in [5, 5.41) is 3.06. The Hall–Kier alpha value is -2.40. The SMILES string of the molecule is C[C@H](OC(=O)Cc1ccc2c(c1)CCC2)C(=O)Nc1ccc(Cl)cn1. The van der Waals surface area contributed by atoms with Gasteiger partial charge in [-0.05, 0) is 55.0 Å². The Morgan fingerprint density at radius 1 is 1.24 bits per heavy atom. The summed E-state index contributed by atoms with van der Waals surface area (Å²) in [6, 6.07) is 9.29. The first-order valence-electron chi connectivity index (χ1n) is 8.24. The molecule has 2 aromatic rings. The Morgan fingerprint density at radius 3 is 2.80 bits per heavy atom. The fraction of sp³-hybridized carbons (Fsp3) is 0.316. The van der Waals surface area contributed by atoms with Crippen molar-refractivity contribution in [1.82, 2.24) is 4.98 Å². The van der Waals surface area contributed by atoms with Gasteiger partial charge < -0.3 is 10.1 Å². The normalized spacial score (nSPS) is 13.8. The summed E-state index contributed by atoms with van der Waals surface area (Å²) in [6.07, 6.45) is 4.02. The Bertz CT molecular complexity index is 790. The number of carbonyl (C=O) groups excluding carboxylic acids is 2. The van der Waals surface area contributed by atoms with E-state index in [1.54, 1.807) is 12.1 Å². The van der Waals surface area contributed by atoms with Gasteiger partial charge in [-0.1, -0.05) is 29.8 Å². The summed E-state index contributed by atoms with van der Waals surface area (Å²) < 4.78 is 5.23. The zero-order chi connectivity index (χ0) is 17.8. The zero-order valence-electron chi connectivity index (χ0n) is 13.9. The number of carbonyl (C=O) groups is 2. The Balaban J connectivity index is 1.53. The smallest absolute Gasteiger partial charge is 0.311 e. The molecule has 0 saturated heterocycles. The van der Waals surface area contributed by atoms with Crippen LogP contribution in [-0.4, -0.2) is 23.0 Å². The number of amides is 1. The van der Waals surface area contributed by atoms with Gasteiger partial charge in [-0.2, -0.15) is 0 Å². The van der Waals surface area contributed by atoms with E-state index in [4.69, 9.17) is 16.3 Å². The standard InChI is InChI=1S/C19H19ClN2O3/c1-12(19(24)22-17-8-7-16(20)11-21-17)25-18(23)10-13-5-6-14-3-2-4-15(14)9-13/h5-9,11-12H,2-4,10H2,1H3,(H,21,22,24)/t12-/m0/s1. The van der Waals surface area contributed by atoms with Gasteiger partial charge in [-0.3, -0.25) is 9.59 Å². The molecule has 1 heterocycles. The first-order chi connectivity index (χ1) is 12.0. The number of fused-ring (bicyclic) bond motifs is 1. The molecule has 130 valence electrons. The van der Waals surface area contributed by atoms with E-state index < -0.39 is 18.0 Å². The fourth-order valence-electron chi connectivity index (χ4n) is 2.87. The average molecular weight is 359 g/mol. The molecule has 1 aliphatic rings. The molecule has 0 unspecified atom stereocenters. The van der Waals surface area contributed by atoms with Crippen LogP contribution in [0, 0.1) is 0 Å². The van der Waals surface area contributed by atoms with Crippen molar-refractivity contribution in [3.8, 4) is 0 Å². The first kappa shape index (κ1) is 17.4. The van der Waals surface area contributed by atoms with Crippen molar-refractivity contribution in [3.05, 3.63) is 58.2 Å². The number of hydrogen-bond donors (Lipinski definition) is 1. The molecule has 5 nitrogen and oxygen atoms in total. The lowest BCUT2D eigenvalue weighted by Crippen LogP contribution is -2.30. The number of pyridine rings is 1. The summed E-state index contributed by atoms with van der Waals surface area (Å²) >= 11 is 5.75. The number of esters is 1. The predicted octanol–water partition coefficient (Wildman–Crippen LogP) is 3.34. The number of hydrogen-bond acceptors (Lipinski definition) is 4. The molecule has 0 spiro atoms. The first-order valence-corrected chi connectivity index (χ1v) is 8.61. The third-order valence-corrected chi connectivity index (χ3v) is 4.39. The van der Waals surface area contributed by atoms with Gasteiger partial charge in [-0.15, -0.1) is 0 Å². The average Bonchev–Trinajstić information content (AvgIpc) is 3.04. The lowest BCUT2D eigenvalue weighted by atomic mass is 10.0. The van der Waals surface area contributed by atoms with E-state index in [1.165, 1.54) is 30.7 Å². The number of rotatable bonds is 5. The Morgan fingerprint density at radius 2 is 2.04 bits per heavy atom. The van der Waals surface area contributed by atoms with Crippen molar-refractivity contribution >= 4 is 29.3 Å². The Labute approximate surface area is 151 Å². The number of ether oxygens (including phenoxy) is 1. The van der Waals surface area contributed by atoms with Gasteiger partial charge in [0.05, 0.1) is 11.4 Å². The van der Waals surface area contributed by atoms with Gasteiger partial charge in [-0.25, -0.2) is 4.98 Å². The molecule has 0 radical (unpaired) electrons. The van der Waals surface area contributed by atoms with Gasteiger partial charge >= 0.3 is 5.97 Å². The van der Waals surface area contributed by atoms with Crippen molar-refractivity contribution in [1.29, 1.82) is 0 Å². The van der Waals surface area contributed by atoms with Gasteiger partial charge in [0.25, 0.3) is 5.91 Å². The quantitative estimate of drug-likeness (QED) is 0.832. The molecular formula is C19H19ClN2O3. The van der Waals surface area contributed by atoms with Crippen LogP contribution in [0.15, 0.2) is 36.5 Å². The molecule has 1 N–H and O–H groups in total. The summed E-state index contributed by atoms with van der Waals surface area (Å²) in [4.78, 5) is 28.1. The summed E-state index contributed by atoms with van der Waals surface area (Å²) in [5.74, 6) is -0.502. The van der Waals surface area contributed by atoms with Crippen LogP contribution in [0.1, 0.15) is 30.0 Å². The molecule has 1 aromatic carbocycles. The van der Waals surface area contributed by atoms with Crippen molar-refractivity contribution in [3.63, 3.8) is 0 Å². The fourth-order valence-corrected chi connectivity index (χ4v) is 2.98. The van der Waals surface area contributed by atoms with Crippen molar-refractivity contribution in [2.45, 2.75) is 38.7 Å². The highest BCUT2D eigenvalue weighted by Crippen LogP contribution is 2.23. The van der Waals surface area contributed by atoms with Gasteiger partial charge in [0.1, 0.15) is 5.82 Å². The highest BCUT2D eigenvalue weighted by atomic mass is 35.5. The Kier molecular flexibility index (Phi) is 5.34. The molecule has 25 heavy (non-hydrogen) atoms. The monoisotopic (exact) mass is 358 g/mol. The van der Waals surface area contributed by atoms with Crippen molar-refractivity contribution < 1.29 is 14.3 Å². The van der Waals surface area contributed by atoms with Crippen LogP contribution in [0.2, 0.25) is 5.02 Å². The van der Waals surface area contributed by atoms with Gasteiger partial charge in [0.2, 0.25) is 0 Å². The summed E-state index contributed by atoms with van der Waals surface area (Å²) in [6.45, 7) is 1.53. The van der Waals surface area contributed by atoms with Crippen LogP contribution in [0.25, 0.3) is 0 Å². The molecule has 0 bridgehead atoms. The van der Waals surface area contributed by atoms with E-state index in [1.807, 2.05) is 6.07 Å². The lowest BCUT2D eigenvalue weighted by Gasteiger charge is -2.13. The molecule has 6 heteroatoms. The topological polar surface area (TPSA) is 68.3 Å². The maximum Gasteiger partial charge on any atom is 0.311 e. The van der Waals surface area contributed by atoms with E-state index in [0.29, 0.717) is 10.8 Å². The number of aryl methyl sites for hydroxylation is 2. The third-order valence-electron chi connectivity index (χ3n) is 4.17. The maximum absolute atomic E-state index is 12.1. The van der Waals surface area contributed by atoms with E-state index in [0.717, 1.165) is 18.4 Å². The van der Waals surface area contributed by atoms with E-state index >= 15 is 0 Å². The molecule has 0 aliphatic heterocycles. The zero-order valence-corrected chi connectivity index (χ0v) is 14.7. The van der Waals surface area contributed by atoms with Crippen LogP contribution >= 0.6 is 11.6 Å². The van der Waals surface area contributed by atoms with Crippen LogP contribution in [0.4, 0.5) is 5.82 Å². The number of nitrogens with one attached hydrogen (secondary N) is 1. The van der Waals surface area contributed by atoms with E-state index in [2.05, 4.69) is 22.4 Å². The highest BCUT2D eigenvalue weighted by molar-refractivity contribution is 6.30. The molecule has 0 fully saturated rings. The minimum atomic E-state index is -0.903. The number of aromatic nitrogens is 1. The molecule has 1 aromatic heterocycles. The van der Waals surface area contributed by atoms with E-state index in [-0.39, 0.29) is 6.42 Å². The number of anilines is 1. The summed E-state index contributed by atoms with van der Waals surface area (Å²) in [5.41, 5.74) is 3.59. The molecule has 1 atom stereocenters.